The van der Waals surface area contributed by atoms with Crippen molar-refractivity contribution in [2.24, 2.45) is 63.3 Å². The number of imidazole rings is 1. The molecule has 39 N–H and O–H groups in total. The first-order valence-electron chi connectivity index (χ1n) is 38.7. The largest absolute Gasteiger partial charge is 0.480 e. The van der Waals surface area contributed by atoms with Crippen LogP contribution in [0.4, 0.5) is 0 Å². The Bertz CT molecular complexity index is 3850. The molecule has 3 aliphatic heterocycles. The number of carboxylic acid groups (broad SMARTS) is 12. The average Bonchev–Trinajstić information content (AvgIpc) is 1.71. The number of hydrogen-bond acceptors (Lipinski definition) is 32. The molecule has 3 aromatic carbocycles. The van der Waals surface area contributed by atoms with Gasteiger partial charge in [0.1, 0.15) is 72.0 Å². The van der Waals surface area contributed by atoms with Crippen LogP contribution in [0, 0.1) is 5.92 Å². The molecular weight excluding hydrogens is 1720 g/mol. The second-order valence-electron chi connectivity index (χ2n) is 26.7. The molecule has 8 rings (SSSR count). The number of hydrogen-bond donors (Lipinski definition) is 30. The number of aliphatic hydroxyl groups is 1. The third-order valence-corrected chi connectivity index (χ3v) is 17.4. The highest BCUT2D eigenvalue weighted by Gasteiger charge is 2.36. The number of amides is 2. The Morgan fingerprint density at radius 3 is 1.30 bits per heavy atom. The van der Waals surface area contributed by atoms with Gasteiger partial charge in [-0.1, -0.05) is 143 Å². The molecular formula is C81H145N17O28S2. The number of rotatable bonds is 31. The summed E-state index contributed by atoms with van der Waals surface area (Å²) >= 11 is 5.27. The second-order valence-corrected chi connectivity index (χ2v) is 28.0. The van der Waals surface area contributed by atoms with Gasteiger partial charge in [-0.3, -0.25) is 67.1 Å². The Kier molecular flexibility index (Phi) is 84.0. The number of primary amides is 2. The van der Waals surface area contributed by atoms with Crippen LogP contribution in [-0.4, -0.2) is 290 Å². The minimum absolute atomic E-state index is 0. The number of carbonyl (C=O) groups is 14. The highest BCUT2D eigenvalue weighted by atomic mass is 32.1. The number of H-pyrrole nitrogens is 1. The summed E-state index contributed by atoms with van der Waals surface area (Å²) in [6, 6.07) is 18.9. The molecule has 0 radical (unpaired) electrons. The number of ether oxygens (including phenoxy) is 1. The molecule has 0 bridgehead atoms. The number of nitrogens with zero attached hydrogens (tertiary/aromatic N) is 1. The van der Waals surface area contributed by atoms with E-state index < -0.39 is 155 Å². The van der Waals surface area contributed by atoms with Crippen molar-refractivity contribution in [3.8, 4) is 0 Å². The number of thiol groups is 1. The molecule has 14 atom stereocenters. The van der Waals surface area contributed by atoms with Crippen molar-refractivity contribution in [1.82, 2.24) is 36.6 Å². The summed E-state index contributed by atoms with van der Waals surface area (Å²) < 4.78 is 6.81. The number of benzene rings is 3. The molecule has 45 nitrogen and oxygen atoms in total. The third kappa shape index (κ3) is 69.3. The summed E-state index contributed by atoms with van der Waals surface area (Å²) in [4.78, 5) is 149. The molecule has 5 heterocycles. The third-order valence-electron chi connectivity index (χ3n) is 16.0. The molecule has 0 saturated carbocycles. The number of nitrogens with one attached hydrogen (secondary N) is 6. The van der Waals surface area contributed by atoms with Crippen molar-refractivity contribution in [1.29, 1.82) is 0 Å². The Morgan fingerprint density at radius 1 is 0.562 bits per heavy atom. The van der Waals surface area contributed by atoms with Crippen LogP contribution < -0.4 is 83.9 Å². The molecule has 734 valence electrons. The zero-order valence-electron chi connectivity index (χ0n) is 71.7. The Morgan fingerprint density at radius 2 is 1.01 bits per heavy atom. The Balaban J connectivity index is -0.000000173. The van der Waals surface area contributed by atoms with Crippen LogP contribution in [0.5, 0.6) is 0 Å². The van der Waals surface area contributed by atoms with Gasteiger partial charge in [0.2, 0.25) is 11.8 Å². The lowest BCUT2D eigenvalue weighted by atomic mass is 10.0. The standard InChI is InChI=1S/C12H15NO3.C11H11NO2S.C9H11NO2.C6H9N3O2.C6H11NO2.C6H13NO2.C5H10N2O3.C5H10N2O2.C4H8N2O3.C4H9NO3.C3H7NO2S.C3H7NO2.2C2H6.3CH4/c14-12(15)11-6-10(7-13-11)16-8-9-4-2-1-3-5-9;12-9(11(13)14)5-7-6-15-10-4-2-1-3-8(7)10;10-8(9(11)12)6-7-4-2-1-3-5-7;7-5(6(10)11)1-4-2-8-3-9-4;1-6(5(8)9)3-2-4-7-6;1-4(2)5(7-3)6(8)9;6-3(5(9)10)1-2-4(7)8;6-3-1-4(5(8)9)7-2-3;5-2(4(8)9)1-3(6)7;1-5-3(2-6)4(7)8;4-2(1-7)3(5)6;1-2(4)3(5)6;2*1-2;;;/h1-5,10-11,13H,6-8H2,(H,14,15);1-4,6,9H,5,12H2,(H,13,14);1-5,8H,6,10H2,(H,11,12);2-3,5H,1,7H2,(H,8,9)(H,10,11);7H,2-4H2,1H3,(H,8,9);4-5,7H,1-3H3,(H,8,9);3H,1-2,6H2,(H2,7,8)(H,9,10);3-4,7H,1-2,6H2,(H,8,9);2H,1,5H2,(H2,6,7)(H,8,9);3,5-6H,2H2,1H3,(H,7,8);2,7H,1,4H2,(H,5,6);2H,4H2,1H3,(H,5,6);2*1-2H3;3*1H4/t10-,11+;9-;8-;5-;6-;5-;3-;3-,4+;2-;3-;2*2-;;;;;/m101100111011...../s1. The highest BCUT2D eigenvalue weighted by molar-refractivity contribution is 7.80. The summed E-state index contributed by atoms with van der Waals surface area (Å²) in [5, 5.41) is 125. The molecule has 2 aromatic heterocycles. The minimum Gasteiger partial charge on any atom is -0.480 e. The lowest BCUT2D eigenvalue weighted by molar-refractivity contribution is -0.144. The molecule has 3 fully saturated rings. The number of nitrogens with two attached hydrogens (primary N) is 10. The predicted molar refractivity (Wildman–Crippen MR) is 489 cm³/mol. The van der Waals surface area contributed by atoms with E-state index in [9.17, 15) is 67.1 Å². The fourth-order valence-electron chi connectivity index (χ4n) is 8.86. The maximum absolute atomic E-state index is 10.7. The smallest absolute Gasteiger partial charge is 0.323 e. The number of carbonyl (C=O) groups excluding carboxylic acids is 2. The van der Waals surface area contributed by atoms with E-state index in [1.807, 2.05) is 132 Å². The topological polar surface area (TPSA) is 860 Å². The van der Waals surface area contributed by atoms with Crippen molar-refractivity contribution in [3.63, 3.8) is 0 Å². The number of fused-ring (bicyclic) bond motifs is 1. The summed E-state index contributed by atoms with van der Waals surface area (Å²) in [7, 11) is 3.13. The predicted octanol–water partition coefficient (Wildman–Crippen LogP) is 0.463. The maximum Gasteiger partial charge on any atom is 0.323 e. The number of carboxylic acids is 12. The molecule has 5 aromatic rings. The van der Waals surface area contributed by atoms with Crippen molar-refractivity contribution in [2.45, 2.75) is 233 Å². The van der Waals surface area contributed by atoms with Crippen LogP contribution in [0.1, 0.15) is 145 Å². The van der Waals surface area contributed by atoms with Gasteiger partial charge in [-0.15, -0.1) is 11.3 Å². The lowest BCUT2D eigenvalue weighted by Gasteiger charge is -2.16. The Hall–Kier alpha value is -10.8. The van der Waals surface area contributed by atoms with E-state index in [0.717, 1.165) is 47.2 Å². The number of aliphatic carboxylic acids is 12. The van der Waals surface area contributed by atoms with Gasteiger partial charge in [-0.05, 0) is 112 Å². The average molecular weight is 1870 g/mol. The van der Waals surface area contributed by atoms with Crippen LogP contribution in [0.25, 0.3) is 10.1 Å². The monoisotopic (exact) mass is 1870 g/mol. The van der Waals surface area contributed by atoms with Gasteiger partial charge in [0.05, 0.1) is 32.1 Å². The first-order chi connectivity index (χ1) is 58.4. The fourth-order valence-corrected chi connectivity index (χ4v) is 10.00. The molecule has 2 amide bonds. The van der Waals surface area contributed by atoms with E-state index in [1.54, 1.807) is 31.5 Å². The first kappa shape index (κ1) is 135. The maximum atomic E-state index is 10.7. The molecule has 0 spiro atoms. The van der Waals surface area contributed by atoms with Crippen LogP contribution in [0.15, 0.2) is 103 Å². The highest BCUT2D eigenvalue weighted by Crippen LogP contribution is 2.26. The normalized spacial score (nSPS) is 16.9. The van der Waals surface area contributed by atoms with Crippen molar-refractivity contribution in [3.05, 3.63) is 125 Å². The number of aromatic amines is 1. The number of aromatic nitrogens is 2. The van der Waals surface area contributed by atoms with E-state index in [2.05, 4.69) is 54.9 Å². The quantitative estimate of drug-likeness (QED) is 0.0268. The van der Waals surface area contributed by atoms with Gasteiger partial charge < -0.3 is 160 Å². The van der Waals surface area contributed by atoms with Gasteiger partial charge in [-0.25, -0.2) is 4.98 Å². The van der Waals surface area contributed by atoms with Gasteiger partial charge in [0, 0.05) is 60.7 Å². The second kappa shape index (κ2) is 79.5. The zero-order chi connectivity index (χ0) is 97.8. The van der Waals surface area contributed by atoms with Crippen LogP contribution in [0.3, 0.4) is 0 Å². The number of likely N-dealkylation sites (N-methyl/N-ethyl adjacent to an activating group) is 2. The number of thiophene rings is 1. The van der Waals surface area contributed by atoms with Crippen LogP contribution >= 0.6 is 24.0 Å². The minimum atomic E-state index is -1.21. The molecule has 0 unspecified atom stereocenters. The lowest BCUT2D eigenvalue weighted by Crippen LogP contribution is -2.44. The van der Waals surface area contributed by atoms with E-state index in [4.69, 9.17) is 123 Å². The van der Waals surface area contributed by atoms with Crippen LogP contribution in [-0.2, 0) is 97.7 Å². The molecule has 3 aliphatic rings. The van der Waals surface area contributed by atoms with E-state index in [1.165, 1.54) is 25.0 Å². The van der Waals surface area contributed by atoms with E-state index >= 15 is 0 Å². The zero-order valence-corrected chi connectivity index (χ0v) is 73.4. The summed E-state index contributed by atoms with van der Waals surface area (Å²) in [5.74, 6) is -12.3. The number of aliphatic hydroxyl groups excluding tert-OH is 1. The van der Waals surface area contributed by atoms with E-state index in [-0.39, 0.29) is 78.4 Å². The molecule has 0 aliphatic carbocycles. The van der Waals surface area contributed by atoms with Gasteiger partial charge in [0.25, 0.3) is 0 Å². The Labute approximate surface area is 756 Å². The molecule has 47 heteroatoms. The first-order valence-corrected chi connectivity index (χ1v) is 40.2. The summed E-state index contributed by atoms with van der Waals surface area (Å²) in [6.07, 6.45) is 6.74. The van der Waals surface area contributed by atoms with Crippen LogP contribution in [0.2, 0.25) is 0 Å². The summed E-state index contributed by atoms with van der Waals surface area (Å²) in [6.45, 7) is 17.1. The van der Waals surface area contributed by atoms with Crippen molar-refractivity contribution < 1.29 is 138 Å². The van der Waals surface area contributed by atoms with Gasteiger partial charge in [0.15, 0.2) is 0 Å². The molecule has 128 heavy (non-hydrogen) atoms. The van der Waals surface area contributed by atoms with Crippen molar-refractivity contribution in [2.75, 3.05) is 46.1 Å². The SMILES string of the molecule is C.C.C.CC.CC.CN[C@@H](CO)C(=O)O.CN[C@H](C(=O)O)C(C)C.C[C@@H](N)C(=O)O.C[C@@]1(C(=O)O)CCCN1.NC(=O)CC[C@@H](N)C(=O)O.NC(=O)C[C@@H](N)C(=O)O.N[C@@H](Cc1csc2ccccc12)C(=O)O.N[C@H](CS)C(=O)O.N[C@H](Cc1ccccc1)C(=O)O.N[C@H](Cc1cnc[nH]1)C(=O)O.N[C@H]1CN[C@H](C(=O)O)C1.O=C(O)[C@@H]1C[C@@H](OCc2ccccc2)CN1. The van der Waals surface area contributed by atoms with Gasteiger partial charge >= 0.3 is 71.6 Å². The van der Waals surface area contributed by atoms with E-state index in [0.29, 0.717) is 45.4 Å². The molecule has 3 saturated heterocycles. The fraction of sp³-hybridized carbons (Fsp3) is 0.543. The summed E-state index contributed by atoms with van der Waals surface area (Å²) in [5.41, 5.74) is 53.9. The van der Waals surface area contributed by atoms with Gasteiger partial charge in [-0.2, -0.15) is 12.6 Å². The van der Waals surface area contributed by atoms with Crippen molar-refractivity contribution >= 4 is 117 Å².